The Labute approximate surface area is 120 Å². The Balaban J connectivity index is 2.08. The van der Waals surface area contributed by atoms with E-state index in [1.165, 1.54) is 11.3 Å². The normalized spacial score (nSPS) is 10.9. The lowest BCUT2D eigenvalue weighted by Crippen LogP contribution is -2.04. The Bertz CT molecular complexity index is 772. The quantitative estimate of drug-likeness (QED) is 0.682. The topological polar surface area (TPSA) is 52.3 Å². The first-order valence-corrected chi connectivity index (χ1v) is 7.19. The number of esters is 1. The molecule has 5 heteroatoms. The minimum absolute atomic E-state index is 0.344. The number of nitrogens with zero attached hydrogens (tertiary/aromatic N) is 1. The van der Waals surface area contributed by atoms with E-state index in [1.54, 1.807) is 12.3 Å². The molecule has 3 rings (SSSR count). The Morgan fingerprint density at radius 1 is 1.40 bits per heavy atom. The van der Waals surface area contributed by atoms with E-state index >= 15 is 0 Å². The number of furan rings is 1. The first kappa shape index (κ1) is 12.9. The summed E-state index contributed by atoms with van der Waals surface area (Å²) < 4.78 is 10.7. The van der Waals surface area contributed by atoms with Gasteiger partial charge >= 0.3 is 5.97 Å². The van der Waals surface area contributed by atoms with Crippen molar-refractivity contribution >= 4 is 28.3 Å². The molecule has 0 spiro atoms. The van der Waals surface area contributed by atoms with Gasteiger partial charge in [0.25, 0.3) is 0 Å². The fourth-order valence-corrected chi connectivity index (χ4v) is 3.02. The summed E-state index contributed by atoms with van der Waals surface area (Å²) in [4.78, 5) is 16.0. The molecule has 0 saturated carbocycles. The summed E-state index contributed by atoms with van der Waals surface area (Å²) in [5.41, 5.74) is 2.12. The van der Waals surface area contributed by atoms with Crippen LogP contribution in [0.5, 0.6) is 0 Å². The SMILES string of the molecule is CCOC(=O)c1csc(-c2c(C)oc3ccccc23)n1. The first-order valence-electron chi connectivity index (χ1n) is 6.32. The average Bonchev–Trinajstić information content (AvgIpc) is 3.01. The molecule has 0 bridgehead atoms. The minimum Gasteiger partial charge on any atom is -0.461 e. The van der Waals surface area contributed by atoms with Gasteiger partial charge in [-0.15, -0.1) is 11.3 Å². The molecular formula is C15H13NO3S. The van der Waals surface area contributed by atoms with Crippen LogP contribution in [0, 0.1) is 6.92 Å². The van der Waals surface area contributed by atoms with Crippen LogP contribution in [0.2, 0.25) is 0 Å². The highest BCUT2D eigenvalue weighted by atomic mass is 32.1. The van der Waals surface area contributed by atoms with E-state index in [4.69, 9.17) is 9.15 Å². The van der Waals surface area contributed by atoms with E-state index in [1.807, 2.05) is 31.2 Å². The molecule has 0 aliphatic heterocycles. The molecule has 0 radical (unpaired) electrons. The summed E-state index contributed by atoms with van der Waals surface area (Å²) in [5, 5.41) is 3.50. The third-order valence-corrected chi connectivity index (χ3v) is 3.83. The molecule has 0 aliphatic carbocycles. The third kappa shape index (κ3) is 2.10. The van der Waals surface area contributed by atoms with Crippen LogP contribution in [0.25, 0.3) is 21.5 Å². The molecule has 1 aromatic carbocycles. The Morgan fingerprint density at radius 2 is 2.20 bits per heavy atom. The molecule has 0 fully saturated rings. The molecule has 102 valence electrons. The zero-order valence-electron chi connectivity index (χ0n) is 11.2. The number of hydrogen-bond donors (Lipinski definition) is 0. The number of ether oxygens (including phenoxy) is 1. The van der Waals surface area contributed by atoms with Gasteiger partial charge in [-0.05, 0) is 19.9 Å². The number of carbonyl (C=O) groups excluding carboxylic acids is 1. The second kappa shape index (κ2) is 5.09. The van der Waals surface area contributed by atoms with Crippen molar-refractivity contribution in [1.82, 2.24) is 4.98 Å². The van der Waals surface area contributed by atoms with E-state index in [-0.39, 0.29) is 5.97 Å². The fourth-order valence-electron chi connectivity index (χ4n) is 2.12. The van der Waals surface area contributed by atoms with E-state index in [0.717, 1.165) is 27.3 Å². The van der Waals surface area contributed by atoms with Gasteiger partial charge < -0.3 is 9.15 Å². The van der Waals surface area contributed by atoms with Crippen LogP contribution in [0.15, 0.2) is 34.1 Å². The number of rotatable bonds is 3. The molecule has 2 heterocycles. The molecule has 4 nitrogen and oxygen atoms in total. The number of para-hydroxylation sites is 1. The lowest BCUT2D eigenvalue weighted by Gasteiger charge is -1.97. The van der Waals surface area contributed by atoms with Crippen LogP contribution in [0.4, 0.5) is 0 Å². The third-order valence-electron chi connectivity index (χ3n) is 2.97. The summed E-state index contributed by atoms with van der Waals surface area (Å²) >= 11 is 1.42. The highest BCUT2D eigenvalue weighted by Gasteiger charge is 2.18. The number of carbonyl (C=O) groups is 1. The number of thiazole rings is 1. The maximum atomic E-state index is 11.7. The van der Waals surface area contributed by atoms with Crippen molar-refractivity contribution < 1.29 is 13.9 Å². The van der Waals surface area contributed by atoms with Crippen molar-refractivity contribution in [3.8, 4) is 10.6 Å². The van der Waals surface area contributed by atoms with Crippen molar-refractivity contribution in [2.45, 2.75) is 13.8 Å². The maximum Gasteiger partial charge on any atom is 0.357 e. The van der Waals surface area contributed by atoms with Crippen molar-refractivity contribution in [1.29, 1.82) is 0 Å². The van der Waals surface area contributed by atoms with Crippen LogP contribution in [-0.4, -0.2) is 17.6 Å². The smallest absolute Gasteiger partial charge is 0.357 e. The molecule has 20 heavy (non-hydrogen) atoms. The van der Waals surface area contributed by atoms with E-state index in [0.29, 0.717) is 12.3 Å². The monoisotopic (exact) mass is 287 g/mol. The molecule has 0 aliphatic rings. The maximum absolute atomic E-state index is 11.7. The van der Waals surface area contributed by atoms with E-state index < -0.39 is 0 Å². The van der Waals surface area contributed by atoms with Crippen molar-refractivity contribution in [2.24, 2.45) is 0 Å². The molecule has 2 aromatic heterocycles. The Hall–Kier alpha value is -2.14. The number of fused-ring (bicyclic) bond motifs is 1. The summed E-state index contributed by atoms with van der Waals surface area (Å²) in [5.74, 6) is 0.413. The van der Waals surface area contributed by atoms with E-state index in [2.05, 4.69) is 4.98 Å². The highest BCUT2D eigenvalue weighted by Crippen LogP contribution is 2.35. The van der Waals surface area contributed by atoms with Gasteiger partial charge in [0.2, 0.25) is 0 Å². The Morgan fingerprint density at radius 3 is 3.00 bits per heavy atom. The van der Waals surface area contributed by atoms with Crippen LogP contribution in [0.1, 0.15) is 23.2 Å². The van der Waals surface area contributed by atoms with Gasteiger partial charge in [0.15, 0.2) is 5.69 Å². The lowest BCUT2D eigenvalue weighted by atomic mass is 10.1. The molecule has 3 aromatic rings. The van der Waals surface area contributed by atoms with Gasteiger partial charge in [-0.2, -0.15) is 0 Å². The molecular weight excluding hydrogens is 274 g/mol. The van der Waals surface area contributed by atoms with Gasteiger partial charge in [-0.3, -0.25) is 0 Å². The summed E-state index contributed by atoms with van der Waals surface area (Å²) in [6.45, 7) is 4.03. The fraction of sp³-hybridized carbons (Fsp3) is 0.200. The first-order chi connectivity index (χ1) is 9.70. The summed E-state index contributed by atoms with van der Waals surface area (Å²) in [7, 11) is 0. The Kier molecular flexibility index (Phi) is 3.28. The lowest BCUT2D eigenvalue weighted by molar-refractivity contribution is 0.0520. The molecule has 0 amide bonds. The van der Waals surface area contributed by atoms with Crippen molar-refractivity contribution in [3.63, 3.8) is 0 Å². The van der Waals surface area contributed by atoms with Gasteiger partial charge in [0.1, 0.15) is 16.4 Å². The molecule has 0 unspecified atom stereocenters. The summed E-state index contributed by atoms with van der Waals surface area (Å²) in [6.07, 6.45) is 0. The largest absolute Gasteiger partial charge is 0.461 e. The molecule has 0 atom stereocenters. The number of hydrogen-bond acceptors (Lipinski definition) is 5. The van der Waals surface area contributed by atoms with Crippen LogP contribution < -0.4 is 0 Å². The second-order valence-electron chi connectivity index (χ2n) is 4.29. The number of aryl methyl sites for hydroxylation is 1. The van der Waals surface area contributed by atoms with E-state index in [9.17, 15) is 4.79 Å². The number of aromatic nitrogens is 1. The second-order valence-corrected chi connectivity index (χ2v) is 5.15. The van der Waals surface area contributed by atoms with Crippen LogP contribution in [0.3, 0.4) is 0 Å². The van der Waals surface area contributed by atoms with Crippen molar-refractivity contribution in [3.05, 3.63) is 41.1 Å². The van der Waals surface area contributed by atoms with Crippen molar-refractivity contribution in [2.75, 3.05) is 6.61 Å². The predicted octanol–water partition coefficient (Wildman–Crippen LogP) is 4.04. The molecule has 0 N–H and O–H groups in total. The van der Waals surface area contributed by atoms with Gasteiger partial charge in [0.05, 0.1) is 12.2 Å². The number of benzene rings is 1. The molecule has 0 saturated heterocycles. The van der Waals surface area contributed by atoms with Gasteiger partial charge in [-0.1, -0.05) is 18.2 Å². The standard InChI is InChI=1S/C15H13NO3S/c1-3-18-15(17)11-8-20-14(16-11)13-9(2)19-12-7-5-4-6-10(12)13/h4-8H,3H2,1-2H3. The van der Waals surface area contributed by atoms with Crippen LogP contribution >= 0.6 is 11.3 Å². The highest BCUT2D eigenvalue weighted by molar-refractivity contribution is 7.13. The average molecular weight is 287 g/mol. The predicted molar refractivity (Wildman–Crippen MR) is 78.0 cm³/mol. The van der Waals surface area contributed by atoms with Crippen LogP contribution in [-0.2, 0) is 4.74 Å². The minimum atomic E-state index is -0.388. The van der Waals surface area contributed by atoms with Gasteiger partial charge in [0, 0.05) is 10.8 Å². The summed E-state index contributed by atoms with van der Waals surface area (Å²) in [6, 6.07) is 7.81. The van der Waals surface area contributed by atoms with Gasteiger partial charge in [-0.25, -0.2) is 9.78 Å². The zero-order chi connectivity index (χ0) is 14.1. The zero-order valence-corrected chi connectivity index (χ0v) is 12.0.